The lowest BCUT2D eigenvalue weighted by Crippen LogP contribution is -2.25. The van der Waals surface area contributed by atoms with Gasteiger partial charge in [0.05, 0.1) is 11.1 Å². The molecule has 0 atom stereocenters. The first-order valence-electron chi connectivity index (χ1n) is 5.53. The number of anilines is 1. The molecule has 1 aromatic rings. The highest BCUT2D eigenvalue weighted by atomic mass is 16.6. The molecule has 0 fully saturated rings. The second-order valence-corrected chi connectivity index (χ2v) is 4.82. The SMILES string of the molecule is CNc1ccc(C(=O)O)c(C(=O)OC(C)(C)C)c1. The van der Waals surface area contributed by atoms with E-state index in [4.69, 9.17) is 9.84 Å². The number of rotatable bonds is 3. The summed E-state index contributed by atoms with van der Waals surface area (Å²) < 4.78 is 5.18. The van der Waals surface area contributed by atoms with E-state index in [-0.39, 0.29) is 11.1 Å². The molecule has 0 aliphatic rings. The van der Waals surface area contributed by atoms with Crippen LogP contribution in [0.4, 0.5) is 5.69 Å². The Morgan fingerprint density at radius 1 is 1.22 bits per heavy atom. The summed E-state index contributed by atoms with van der Waals surface area (Å²) in [5, 5.41) is 11.9. The first-order chi connectivity index (χ1) is 8.24. The summed E-state index contributed by atoms with van der Waals surface area (Å²) in [7, 11) is 1.69. The van der Waals surface area contributed by atoms with Crippen LogP contribution in [0.25, 0.3) is 0 Å². The van der Waals surface area contributed by atoms with Gasteiger partial charge in [0.1, 0.15) is 5.60 Å². The molecule has 1 rings (SSSR count). The van der Waals surface area contributed by atoms with Crippen LogP contribution in [0.15, 0.2) is 18.2 Å². The van der Waals surface area contributed by atoms with E-state index in [9.17, 15) is 9.59 Å². The third-order valence-corrected chi connectivity index (χ3v) is 2.16. The Hall–Kier alpha value is -2.04. The van der Waals surface area contributed by atoms with Gasteiger partial charge in [-0.15, -0.1) is 0 Å². The van der Waals surface area contributed by atoms with Gasteiger partial charge in [-0.25, -0.2) is 9.59 Å². The second-order valence-electron chi connectivity index (χ2n) is 4.82. The molecule has 0 aliphatic heterocycles. The average Bonchev–Trinajstić information content (AvgIpc) is 2.25. The minimum atomic E-state index is -1.15. The molecule has 0 saturated heterocycles. The van der Waals surface area contributed by atoms with Crippen molar-refractivity contribution in [2.24, 2.45) is 0 Å². The van der Waals surface area contributed by atoms with E-state index >= 15 is 0 Å². The molecule has 0 saturated carbocycles. The van der Waals surface area contributed by atoms with Gasteiger partial charge in [-0.05, 0) is 39.0 Å². The van der Waals surface area contributed by atoms with Crippen molar-refractivity contribution < 1.29 is 19.4 Å². The Morgan fingerprint density at radius 3 is 2.28 bits per heavy atom. The smallest absolute Gasteiger partial charge is 0.339 e. The van der Waals surface area contributed by atoms with Crippen LogP contribution >= 0.6 is 0 Å². The van der Waals surface area contributed by atoms with Crippen molar-refractivity contribution in [2.45, 2.75) is 26.4 Å². The molecule has 0 unspecified atom stereocenters. The molecule has 98 valence electrons. The fourth-order valence-electron chi connectivity index (χ4n) is 1.39. The Balaban J connectivity index is 3.19. The molecule has 0 aliphatic carbocycles. The zero-order valence-electron chi connectivity index (χ0n) is 10.9. The number of esters is 1. The molecule has 0 spiro atoms. The fraction of sp³-hybridized carbons (Fsp3) is 0.385. The quantitative estimate of drug-likeness (QED) is 0.807. The Bertz CT molecular complexity index is 474. The van der Waals surface area contributed by atoms with Crippen molar-refractivity contribution in [2.75, 3.05) is 12.4 Å². The van der Waals surface area contributed by atoms with Crippen LogP contribution in [0.3, 0.4) is 0 Å². The van der Waals surface area contributed by atoms with E-state index in [1.54, 1.807) is 33.9 Å². The van der Waals surface area contributed by atoms with Crippen molar-refractivity contribution in [3.8, 4) is 0 Å². The lowest BCUT2D eigenvalue weighted by molar-refractivity contribution is 0.00659. The molecular formula is C13H17NO4. The first kappa shape index (κ1) is 14.0. The van der Waals surface area contributed by atoms with Gasteiger partial charge in [0.25, 0.3) is 0 Å². The third kappa shape index (κ3) is 3.48. The third-order valence-electron chi connectivity index (χ3n) is 2.16. The monoisotopic (exact) mass is 251 g/mol. The second kappa shape index (κ2) is 5.08. The molecular weight excluding hydrogens is 234 g/mol. The van der Waals surface area contributed by atoms with E-state index in [2.05, 4.69) is 5.32 Å². The number of benzene rings is 1. The van der Waals surface area contributed by atoms with Crippen LogP contribution in [0.1, 0.15) is 41.5 Å². The van der Waals surface area contributed by atoms with Crippen LogP contribution in [0.5, 0.6) is 0 Å². The number of hydrogen-bond acceptors (Lipinski definition) is 4. The number of hydrogen-bond donors (Lipinski definition) is 2. The fourth-order valence-corrected chi connectivity index (χ4v) is 1.39. The molecule has 0 amide bonds. The van der Waals surface area contributed by atoms with Gasteiger partial charge in [0.2, 0.25) is 0 Å². The predicted molar refractivity (Wildman–Crippen MR) is 68.1 cm³/mol. The van der Waals surface area contributed by atoms with Gasteiger partial charge in [-0.1, -0.05) is 0 Å². The lowest BCUT2D eigenvalue weighted by atomic mass is 10.1. The molecule has 2 N–H and O–H groups in total. The highest BCUT2D eigenvalue weighted by molar-refractivity contribution is 6.03. The maximum Gasteiger partial charge on any atom is 0.339 e. The maximum absolute atomic E-state index is 11.9. The summed E-state index contributed by atoms with van der Waals surface area (Å²) in [5.74, 6) is -1.80. The first-order valence-corrected chi connectivity index (χ1v) is 5.53. The number of aromatic carboxylic acids is 1. The summed E-state index contributed by atoms with van der Waals surface area (Å²) in [6.07, 6.45) is 0. The molecule has 0 bridgehead atoms. The van der Waals surface area contributed by atoms with Gasteiger partial charge in [0.15, 0.2) is 0 Å². The zero-order valence-corrected chi connectivity index (χ0v) is 10.9. The summed E-state index contributed by atoms with van der Waals surface area (Å²) in [5.41, 5.74) is -0.0314. The van der Waals surface area contributed by atoms with Crippen LogP contribution in [0, 0.1) is 0 Å². The summed E-state index contributed by atoms with van der Waals surface area (Å²) >= 11 is 0. The highest BCUT2D eigenvalue weighted by Gasteiger charge is 2.23. The summed E-state index contributed by atoms with van der Waals surface area (Å²) in [6.45, 7) is 5.19. The van der Waals surface area contributed by atoms with E-state index in [0.29, 0.717) is 5.69 Å². The van der Waals surface area contributed by atoms with Crippen LogP contribution in [0.2, 0.25) is 0 Å². The van der Waals surface area contributed by atoms with E-state index < -0.39 is 17.5 Å². The summed E-state index contributed by atoms with van der Waals surface area (Å²) in [6, 6.07) is 4.45. The standard InChI is InChI=1S/C13H17NO4/c1-13(2,3)18-12(17)10-7-8(14-4)5-6-9(10)11(15)16/h5-7,14H,1-4H3,(H,15,16). The maximum atomic E-state index is 11.9. The van der Waals surface area contributed by atoms with Gasteiger partial charge < -0.3 is 15.2 Å². The van der Waals surface area contributed by atoms with E-state index in [1.807, 2.05) is 0 Å². The van der Waals surface area contributed by atoms with Gasteiger partial charge >= 0.3 is 11.9 Å². The summed E-state index contributed by atoms with van der Waals surface area (Å²) in [4.78, 5) is 23.0. The highest BCUT2D eigenvalue weighted by Crippen LogP contribution is 2.19. The lowest BCUT2D eigenvalue weighted by Gasteiger charge is -2.20. The van der Waals surface area contributed by atoms with Gasteiger partial charge in [-0.3, -0.25) is 0 Å². The molecule has 18 heavy (non-hydrogen) atoms. The number of nitrogens with one attached hydrogen (secondary N) is 1. The van der Waals surface area contributed by atoms with Crippen molar-refractivity contribution in [1.29, 1.82) is 0 Å². The minimum absolute atomic E-state index is 0.0456. The minimum Gasteiger partial charge on any atom is -0.478 e. The van der Waals surface area contributed by atoms with Crippen molar-refractivity contribution in [3.63, 3.8) is 0 Å². The molecule has 5 heteroatoms. The Kier molecular flexibility index (Phi) is 3.96. The predicted octanol–water partition coefficient (Wildman–Crippen LogP) is 2.38. The molecule has 0 radical (unpaired) electrons. The van der Waals surface area contributed by atoms with Crippen LogP contribution in [-0.2, 0) is 4.74 Å². The van der Waals surface area contributed by atoms with Gasteiger partial charge in [0, 0.05) is 12.7 Å². The Labute approximate surface area is 106 Å². The Morgan fingerprint density at radius 2 is 1.83 bits per heavy atom. The number of carboxylic acids is 1. The number of ether oxygens (including phenoxy) is 1. The molecule has 1 aromatic carbocycles. The van der Waals surface area contributed by atoms with Crippen molar-refractivity contribution >= 4 is 17.6 Å². The van der Waals surface area contributed by atoms with Gasteiger partial charge in [-0.2, -0.15) is 0 Å². The van der Waals surface area contributed by atoms with E-state index in [1.165, 1.54) is 12.1 Å². The average molecular weight is 251 g/mol. The zero-order chi connectivity index (χ0) is 13.9. The van der Waals surface area contributed by atoms with Crippen molar-refractivity contribution in [1.82, 2.24) is 0 Å². The largest absolute Gasteiger partial charge is 0.478 e. The number of carboxylic acid groups (broad SMARTS) is 1. The number of carbonyl (C=O) groups is 2. The molecule has 0 heterocycles. The number of carbonyl (C=O) groups excluding carboxylic acids is 1. The van der Waals surface area contributed by atoms with Crippen molar-refractivity contribution in [3.05, 3.63) is 29.3 Å². The van der Waals surface area contributed by atoms with E-state index in [0.717, 1.165) is 0 Å². The van der Waals surface area contributed by atoms with Crippen LogP contribution in [-0.4, -0.2) is 29.7 Å². The molecule has 0 aromatic heterocycles. The van der Waals surface area contributed by atoms with Crippen LogP contribution < -0.4 is 5.32 Å². The normalized spacial score (nSPS) is 10.9. The topological polar surface area (TPSA) is 75.6 Å². The molecule has 5 nitrogen and oxygen atoms in total.